The molecular formula is C16H25N3O2S. The lowest BCUT2D eigenvalue weighted by Gasteiger charge is -2.35. The molecule has 1 saturated heterocycles. The van der Waals surface area contributed by atoms with E-state index in [-0.39, 0.29) is 11.8 Å². The highest BCUT2D eigenvalue weighted by Crippen LogP contribution is 2.18. The number of rotatable bonds is 5. The van der Waals surface area contributed by atoms with Gasteiger partial charge in [0.2, 0.25) is 5.91 Å². The monoisotopic (exact) mass is 323 g/mol. The molecule has 0 unspecified atom stereocenters. The summed E-state index contributed by atoms with van der Waals surface area (Å²) in [5.74, 6) is 0.307. The Labute approximate surface area is 136 Å². The second-order valence-electron chi connectivity index (χ2n) is 5.57. The Kier molecular flexibility index (Phi) is 5.97. The van der Waals surface area contributed by atoms with Crippen molar-refractivity contribution in [1.82, 2.24) is 14.7 Å². The normalized spacial score (nSPS) is 15.9. The van der Waals surface area contributed by atoms with Crippen molar-refractivity contribution in [2.75, 3.05) is 45.8 Å². The Morgan fingerprint density at radius 3 is 2.32 bits per heavy atom. The molecule has 6 heteroatoms. The second kappa shape index (κ2) is 7.74. The molecule has 1 aromatic rings. The third-order valence-corrected chi connectivity index (χ3v) is 5.20. The summed E-state index contributed by atoms with van der Waals surface area (Å²) in [6, 6.07) is 1.98. The summed E-state index contributed by atoms with van der Waals surface area (Å²) >= 11 is 1.51. The van der Waals surface area contributed by atoms with Gasteiger partial charge in [0, 0.05) is 39.3 Å². The van der Waals surface area contributed by atoms with Gasteiger partial charge in [-0.1, -0.05) is 0 Å². The number of nitrogens with zero attached hydrogens (tertiary/aromatic N) is 3. The minimum Gasteiger partial charge on any atom is -0.342 e. The van der Waals surface area contributed by atoms with Gasteiger partial charge in [-0.25, -0.2) is 0 Å². The number of carbonyl (C=O) groups excluding carboxylic acids is 2. The van der Waals surface area contributed by atoms with E-state index in [4.69, 9.17) is 0 Å². The highest BCUT2D eigenvalue weighted by Gasteiger charge is 2.25. The summed E-state index contributed by atoms with van der Waals surface area (Å²) < 4.78 is 0. The number of carbonyl (C=O) groups is 2. The molecule has 0 bridgehead atoms. The summed E-state index contributed by atoms with van der Waals surface area (Å²) in [5, 5.41) is 1.96. The standard InChI is InChI=1S/C16H25N3O2S/c1-4-18(5-2)14(20)12-17-7-9-19(10-8-17)16(21)15-13(3)6-11-22-15/h6,11H,4-5,7-10,12H2,1-3H3. The van der Waals surface area contributed by atoms with Gasteiger partial charge in [-0.2, -0.15) is 0 Å². The van der Waals surface area contributed by atoms with Gasteiger partial charge >= 0.3 is 0 Å². The van der Waals surface area contributed by atoms with Crippen molar-refractivity contribution < 1.29 is 9.59 Å². The predicted octanol–water partition coefficient (Wildman–Crippen LogP) is 1.68. The lowest BCUT2D eigenvalue weighted by Crippen LogP contribution is -2.51. The number of hydrogen-bond acceptors (Lipinski definition) is 4. The Hall–Kier alpha value is -1.40. The van der Waals surface area contributed by atoms with Crippen molar-refractivity contribution in [2.24, 2.45) is 0 Å². The summed E-state index contributed by atoms with van der Waals surface area (Å²) in [6.45, 7) is 10.9. The van der Waals surface area contributed by atoms with Gasteiger partial charge < -0.3 is 9.80 Å². The van der Waals surface area contributed by atoms with E-state index in [9.17, 15) is 9.59 Å². The average Bonchev–Trinajstić information content (AvgIpc) is 2.94. The van der Waals surface area contributed by atoms with Crippen LogP contribution in [-0.4, -0.2) is 72.3 Å². The van der Waals surface area contributed by atoms with Crippen LogP contribution in [0, 0.1) is 6.92 Å². The first kappa shape index (κ1) is 17.0. The molecule has 22 heavy (non-hydrogen) atoms. The topological polar surface area (TPSA) is 43.9 Å². The maximum Gasteiger partial charge on any atom is 0.264 e. The molecule has 1 aromatic heterocycles. The number of piperazine rings is 1. The first-order valence-corrected chi connectivity index (χ1v) is 8.78. The van der Waals surface area contributed by atoms with Gasteiger partial charge in [-0.15, -0.1) is 11.3 Å². The van der Waals surface area contributed by atoms with Crippen LogP contribution >= 0.6 is 11.3 Å². The predicted molar refractivity (Wildman–Crippen MR) is 89.3 cm³/mol. The molecule has 1 aliphatic rings. The van der Waals surface area contributed by atoms with E-state index in [1.54, 1.807) is 0 Å². The third-order valence-electron chi connectivity index (χ3n) is 4.19. The van der Waals surface area contributed by atoms with Gasteiger partial charge in [0.1, 0.15) is 0 Å². The molecule has 0 spiro atoms. The number of amides is 2. The van der Waals surface area contributed by atoms with Crippen molar-refractivity contribution in [3.8, 4) is 0 Å². The van der Waals surface area contributed by atoms with Crippen LogP contribution in [0.2, 0.25) is 0 Å². The smallest absolute Gasteiger partial charge is 0.264 e. The molecule has 5 nitrogen and oxygen atoms in total. The lowest BCUT2D eigenvalue weighted by molar-refractivity contribution is -0.132. The molecule has 0 saturated carbocycles. The number of likely N-dealkylation sites (N-methyl/N-ethyl adjacent to an activating group) is 1. The molecule has 0 radical (unpaired) electrons. The zero-order valence-electron chi connectivity index (χ0n) is 13.7. The fourth-order valence-electron chi connectivity index (χ4n) is 2.71. The van der Waals surface area contributed by atoms with Gasteiger partial charge in [-0.05, 0) is 37.8 Å². The van der Waals surface area contributed by atoms with Crippen LogP contribution in [0.25, 0.3) is 0 Å². The first-order chi connectivity index (χ1) is 10.6. The Balaban J connectivity index is 1.84. The zero-order valence-corrected chi connectivity index (χ0v) is 14.5. The Bertz CT molecular complexity index is 517. The maximum absolute atomic E-state index is 12.5. The number of thiophene rings is 1. The van der Waals surface area contributed by atoms with Gasteiger partial charge in [-0.3, -0.25) is 14.5 Å². The van der Waals surface area contributed by atoms with E-state index in [0.29, 0.717) is 19.6 Å². The van der Waals surface area contributed by atoms with E-state index in [2.05, 4.69) is 4.90 Å². The van der Waals surface area contributed by atoms with Crippen molar-refractivity contribution >= 4 is 23.2 Å². The maximum atomic E-state index is 12.5. The van der Waals surface area contributed by atoms with Gasteiger partial charge in [0.05, 0.1) is 11.4 Å². The molecular weight excluding hydrogens is 298 g/mol. The molecule has 2 rings (SSSR count). The fraction of sp³-hybridized carbons (Fsp3) is 0.625. The van der Waals surface area contributed by atoms with Crippen LogP contribution in [0.5, 0.6) is 0 Å². The molecule has 122 valence electrons. The molecule has 0 aliphatic carbocycles. The van der Waals surface area contributed by atoms with E-state index in [1.165, 1.54) is 11.3 Å². The minimum absolute atomic E-state index is 0.127. The lowest BCUT2D eigenvalue weighted by atomic mass is 10.2. The SMILES string of the molecule is CCN(CC)C(=O)CN1CCN(C(=O)c2sccc2C)CC1. The van der Waals surface area contributed by atoms with E-state index in [1.807, 2.05) is 42.0 Å². The van der Waals surface area contributed by atoms with Crippen LogP contribution in [0.4, 0.5) is 0 Å². The summed E-state index contributed by atoms with van der Waals surface area (Å²) in [6.07, 6.45) is 0. The van der Waals surface area contributed by atoms with Crippen LogP contribution < -0.4 is 0 Å². The largest absolute Gasteiger partial charge is 0.342 e. The van der Waals surface area contributed by atoms with E-state index >= 15 is 0 Å². The van der Waals surface area contributed by atoms with Crippen molar-refractivity contribution in [3.05, 3.63) is 21.9 Å². The number of aryl methyl sites for hydroxylation is 1. The molecule has 2 amide bonds. The van der Waals surface area contributed by atoms with Crippen LogP contribution in [0.1, 0.15) is 29.1 Å². The third kappa shape index (κ3) is 3.87. The molecule has 1 aliphatic heterocycles. The Morgan fingerprint density at radius 2 is 1.82 bits per heavy atom. The average molecular weight is 323 g/mol. The first-order valence-electron chi connectivity index (χ1n) is 7.90. The van der Waals surface area contributed by atoms with Crippen molar-refractivity contribution in [3.63, 3.8) is 0 Å². The zero-order chi connectivity index (χ0) is 16.1. The number of hydrogen-bond donors (Lipinski definition) is 0. The molecule has 0 aromatic carbocycles. The highest BCUT2D eigenvalue weighted by molar-refractivity contribution is 7.12. The quantitative estimate of drug-likeness (QED) is 0.828. The Morgan fingerprint density at radius 1 is 1.18 bits per heavy atom. The van der Waals surface area contributed by atoms with Crippen molar-refractivity contribution in [2.45, 2.75) is 20.8 Å². The van der Waals surface area contributed by atoms with Crippen LogP contribution in [0.15, 0.2) is 11.4 Å². The van der Waals surface area contributed by atoms with E-state index < -0.39 is 0 Å². The van der Waals surface area contributed by atoms with Gasteiger partial charge in [0.25, 0.3) is 5.91 Å². The summed E-state index contributed by atoms with van der Waals surface area (Å²) in [4.78, 5) is 31.3. The van der Waals surface area contributed by atoms with E-state index in [0.717, 1.165) is 36.6 Å². The van der Waals surface area contributed by atoms with Crippen LogP contribution in [-0.2, 0) is 4.79 Å². The van der Waals surface area contributed by atoms with Gasteiger partial charge in [0.15, 0.2) is 0 Å². The highest BCUT2D eigenvalue weighted by atomic mass is 32.1. The minimum atomic E-state index is 0.127. The molecule has 1 fully saturated rings. The molecule has 2 heterocycles. The summed E-state index contributed by atoms with van der Waals surface area (Å²) in [7, 11) is 0. The van der Waals surface area contributed by atoms with Crippen LogP contribution in [0.3, 0.4) is 0 Å². The second-order valence-corrected chi connectivity index (χ2v) is 6.48. The summed E-state index contributed by atoms with van der Waals surface area (Å²) in [5.41, 5.74) is 1.05. The molecule has 0 N–H and O–H groups in total. The fourth-order valence-corrected chi connectivity index (χ4v) is 3.60. The van der Waals surface area contributed by atoms with Crippen molar-refractivity contribution in [1.29, 1.82) is 0 Å². The molecule has 0 atom stereocenters.